The van der Waals surface area contributed by atoms with Crippen LogP contribution in [0.1, 0.15) is 43.0 Å². The van der Waals surface area contributed by atoms with Crippen molar-refractivity contribution >= 4 is 17.3 Å². The first-order chi connectivity index (χ1) is 11.8. The Bertz CT molecular complexity index is 567. The summed E-state index contributed by atoms with van der Waals surface area (Å²) in [5.74, 6) is 0.232. The molecule has 1 aliphatic carbocycles. The standard InChI is InChI=1S/C16H26F3N5S/c1-23(2)9-3-7-20-15(25)21-8-4-10-24-13(12-5-6-12)11-14(22-24)16(17,18)19/h11-12H,3-10H2,1-2H3,(H2,20,21,25). The van der Waals surface area contributed by atoms with Crippen LogP contribution in [-0.2, 0) is 12.7 Å². The Labute approximate surface area is 151 Å². The van der Waals surface area contributed by atoms with Gasteiger partial charge in [0, 0.05) is 31.2 Å². The van der Waals surface area contributed by atoms with E-state index in [2.05, 4.69) is 20.6 Å². The maximum Gasteiger partial charge on any atom is 0.435 e. The van der Waals surface area contributed by atoms with E-state index < -0.39 is 11.9 Å². The Morgan fingerprint density at radius 1 is 1.28 bits per heavy atom. The molecule has 1 aromatic heterocycles. The van der Waals surface area contributed by atoms with Crippen molar-refractivity contribution in [3.8, 4) is 0 Å². The Kier molecular flexibility index (Phi) is 7.06. The van der Waals surface area contributed by atoms with Gasteiger partial charge >= 0.3 is 6.18 Å². The van der Waals surface area contributed by atoms with E-state index in [4.69, 9.17) is 12.2 Å². The van der Waals surface area contributed by atoms with Gasteiger partial charge in [0.05, 0.1) is 0 Å². The molecule has 0 unspecified atom stereocenters. The molecule has 5 nitrogen and oxygen atoms in total. The highest BCUT2D eigenvalue weighted by Crippen LogP contribution is 2.42. The minimum atomic E-state index is -4.38. The van der Waals surface area contributed by atoms with Crippen molar-refractivity contribution in [3.63, 3.8) is 0 Å². The number of nitrogens with one attached hydrogen (secondary N) is 2. The molecule has 2 N–H and O–H groups in total. The Morgan fingerprint density at radius 3 is 2.48 bits per heavy atom. The zero-order valence-corrected chi connectivity index (χ0v) is 15.5. The molecule has 0 radical (unpaired) electrons. The highest BCUT2D eigenvalue weighted by molar-refractivity contribution is 7.80. The fraction of sp³-hybridized carbons (Fsp3) is 0.750. The summed E-state index contributed by atoms with van der Waals surface area (Å²) in [5.41, 5.74) is -0.0860. The van der Waals surface area contributed by atoms with Gasteiger partial charge < -0.3 is 15.5 Å². The Morgan fingerprint density at radius 2 is 1.92 bits per heavy atom. The summed E-state index contributed by atoms with van der Waals surface area (Å²) in [7, 11) is 4.04. The largest absolute Gasteiger partial charge is 0.435 e. The first-order valence-electron chi connectivity index (χ1n) is 8.58. The van der Waals surface area contributed by atoms with Crippen LogP contribution in [0.5, 0.6) is 0 Å². The summed E-state index contributed by atoms with van der Waals surface area (Å²) >= 11 is 5.19. The van der Waals surface area contributed by atoms with Crippen molar-refractivity contribution in [3.05, 3.63) is 17.5 Å². The molecule has 0 saturated heterocycles. The highest BCUT2D eigenvalue weighted by Gasteiger charge is 2.37. The minimum Gasteiger partial charge on any atom is -0.363 e. The van der Waals surface area contributed by atoms with Crippen LogP contribution in [0.25, 0.3) is 0 Å². The second kappa shape index (κ2) is 8.84. The number of nitrogens with zero attached hydrogens (tertiary/aromatic N) is 3. The SMILES string of the molecule is CN(C)CCCNC(=S)NCCCn1nc(C(F)(F)F)cc1C1CC1. The number of halogens is 3. The Balaban J connectivity index is 1.71. The van der Waals surface area contributed by atoms with Gasteiger partial charge in [-0.1, -0.05) is 0 Å². The molecule has 1 fully saturated rings. The number of thiocarbonyl (C=S) groups is 1. The second-order valence-corrected chi connectivity index (χ2v) is 7.05. The zero-order chi connectivity index (χ0) is 18.4. The van der Waals surface area contributed by atoms with E-state index in [-0.39, 0.29) is 5.92 Å². The van der Waals surface area contributed by atoms with Crippen molar-refractivity contribution in [1.82, 2.24) is 25.3 Å². The molecule has 142 valence electrons. The smallest absolute Gasteiger partial charge is 0.363 e. The van der Waals surface area contributed by atoms with Gasteiger partial charge in [-0.2, -0.15) is 18.3 Å². The van der Waals surface area contributed by atoms with Crippen LogP contribution in [0, 0.1) is 0 Å². The molecule has 1 saturated carbocycles. The van der Waals surface area contributed by atoms with E-state index in [1.807, 2.05) is 14.1 Å². The van der Waals surface area contributed by atoms with E-state index >= 15 is 0 Å². The number of aryl methyl sites for hydroxylation is 1. The quantitative estimate of drug-likeness (QED) is 0.512. The van der Waals surface area contributed by atoms with Crippen LogP contribution in [0.2, 0.25) is 0 Å². The fourth-order valence-electron chi connectivity index (χ4n) is 2.55. The average Bonchev–Trinajstić information content (AvgIpc) is 3.26. The minimum absolute atomic E-state index is 0.232. The van der Waals surface area contributed by atoms with Crippen LogP contribution in [0.15, 0.2) is 6.07 Å². The van der Waals surface area contributed by atoms with Gasteiger partial charge in [-0.15, -0.1) is 0 Å². The number of rotatable bonds is 9. The third-order valence-corrected chi connectivity index (χ3v) is 4.29. The van der Waals surface area contributed by atoms with E-state index in [9.17, 15) is 13.2 Å². The number of hydrogen-bond acceptors (Lipinski definition) is 3. The van der Waals surface area contributed by atoms with Gasteiger partial charge in [-0.05, 0) is 64.6 Å². The van der Waals surface area contributed by atoms with Gasteiger partial charge in [-0.25, -0.2) is 0 Å². The van der Waals surface area contributed by atoms with Gasteiger partial charge in [0.2, 0.25) is 0 Å². The van der Waals surface area contributed by atoms with Crippen molar-refractivity contribution < 1.29 is 13.2 Å². The van der Waals surface area contributed by atoms with Crippen LogP contribution in [0.4, 0.5) is 13.2 Å². The van der Waals surface area contributed by atoms with Crippen LogP contribution in [0.3, 0.4) is 0 Å². The predicted octanol–water partition coefficient (Wildman–Crippen LogP) is 2.59. The molecule has 0 atom stereocenters. The van der Waals surface area contributed by atoms with Crippen molar-refractivity contribution in [2.75, 3.05) is 33.7 Å². The summed E-state index contributed by atoms with van der Waals surface area (Å²) in [6.45, 7) is 2.84. The first kappa shape index (κ1) is 20.0. The summed E-state index contributed by atoms with van der Waals surface area (Å²) in [5, 5.41) is 10.5. The fourth-order valence-corrected chi connectivity index (χ4v) is 2.75. The highest BCUT2D eigenvalue weighted by atomic mass is 32.1. The van der Waals surface area contributed by atoms with Gasteiger partial charge in [0.25, 0.3) is 0 Å². The lowest BCUT2D eigenvalue weighted by Gasteiger charge is -2.13. The summed E-state index contributed by atoms with van der Waals surface area (Å²) < 4.78 is 40.0. The molecule has 0 amide bonds. The number of aromatic nitrogens is 2. The maximum atomic E-state index is 12.8. The van der Waals surface area contributed by atoms with Crippen LogP contribution >= 0.6 is 12.2 Å². The maximum absolute atomic E-state index is 12.8. The molecule has 25 heavy (non-hydrogen) atoms. The molecule has 0 bridgehead atoms. The van der Waals surface area contributed by atoms with E-state index in [1.165, 1.54) is 10.7 Å². The zero-order valence-electron chi connectivity index (χ0n) is 14.7. The van der Waals surface area contributed by atoms with Gasteiger partial charge in [-0.3, -0.25) is 4.68 Å². The Hall–Kier alpha value is -1.35. The molecule has 9 heteroatoms. The monoisotopic (exact) mass is 377 g/mol. The van der Waals surface area contributed by atoms with Gasteiger partial charge in [0.15, 0.2) is 10.8 Å². The third kappa shape index (κ3) is 6.81. The van der Waals surface area contributed by atoms with Gasteiger partial charge in [0.1, 0.15) is 0 Å². The molecule has 1 aliphatic rings. The summed E-state index contributed by atoms with van der Waals surface area (Å²) in [6, 6.07) is 1.20. The molecule has 0 spiro atoms. The van der Waals surface area contributed by atoms with Crippen molar-refractivity contribution in [2.45, 2.75) is 44.3 Å². The molecule has 2 rings (SSSR count). The molecule has 0 aromatic carbocycles. The number of hydrogen-bond donors (Lipinski definition) is 2. The molecule has 0 aliphatic heterocycles. The summed E-state index contributed by atoms with van der Waals surface area (Å²) in [6.07, 6.45) is -0.832. The topological polar surface area (TPSA) is 45.1 Å². The lowest BCUT2D eigenvalue weighted by Crippen LogP contribution is -2.37. The molecular formula is C16H26F3N5S. The van der Waals surface area contributed by atoms with E-state index in [0.717, 1.165) is 32.4 Å². The lowest BCUT2D eigenvalue weighted by molar-refractivity contribution is -0.141. The summed E-state index contributed by atoms with van der Waals surface area (Å²) in [4.78, 5) is 2.11. The normalized spacial score (nSPS) is 14.8. The molecule has 1 heterocycles. The van der Waals surface area contributed by atoms with Crippen molar-refractivity contribution in [2.24, 2.45) is 0 Å². The second-order valence-electron chi connectivity index (χ2n) is 6.64. The van der Waals surface area contributed by atoms with E-state index in [0.29, 0.717) is 30.3 Å². The molecular weight excluding hydrogens is 351 g/mol. The van der Waals surface area contributed by atoms with Crippen LogP contribution in [-0.4, -0.2) is 53.5 Å². The lowest BCUT2D eigenvalue weighted by atomic mass is 10.2. The average molecular weight is 377 g/mol. The van der Waals surface area contributed by atoms with E-state index in [1.54, 1.807) is 0 Å². The third-order valence-electron chi connectivity index (χ3n) is 4.00. The number of alkyl halides is 3. The first-order valence-corrected chi connectivity index (χ1v) is 8.99. The van der Waals surface area contributed by atoms with Crippen LogP contribution < -0.4 is 10.6 Å². The predicted molar refractivity (Wildman–Crippen MR) is 95.6 cm³/mol. The van der Waals surface area contributed by atoms with Crippen molar-refractivity contribution in [1.29, 1.82) is 0 Å². The molecule has 1 aromatic rings.